The Balaban J connectivity index is 1.82. The van der Waals surface area contributed by atoms with Crippen LogP contribution < -0.4 is 14.2 Å². The molecule has 3 aromatic rings. The standard InChI is InChI=1S/C22H23NO5/c1-23(14-18-10-7-11-27-18)22(24)17-12-19(25-2)21(20(13-17)26-3)28-15-16-8-5-4-6-9-16/h4-13H,14-15H2,1-3H3. The molecule has 6 heteroatoms. The first-order chi connectivity index (χ1) is 13.6. The van der Waals surface area contributed by atoms with Gasteiger partial charge in [-0.25, -0.2) is 0 Å². The quantitative estimate of drug-likeness (QED) is 0.587. The van der Waals surface area contributed by atoms with Crippen LogP contribution >= 0.6 is 0 Å². The van der Waals surface area contributed by atoms with Crippen LogP contribution in [0.1, 0.15) is 21.7 Å². The number of carbonyl (C=O) groups excluding carboxylic acids is 1. The van der Waals surface area contributed by atoms with Gasteiger partial charge in [-0.1, -0.05) is 30.3 Å². The smallest absolute Gasteiger partial charge is 0.254 e. The summed E-state index contributed by atoms with van der Waals surface area (Å²) < 4.78 is 22.2. The van der Waals surface area contributed by atoms with E-state index in [-0.39, 0.29) is 5.91 Å². The molecule has 2 aromatic carbocycles. The van der Waals surface area contributed by atoms with Gasteiger partial charge < -0.3 is 23.5 Å². The van der Waals surface area contributed by atoms with Gasteiger partial charge in [0.25, 0.3) is 5.91 Å². The summed E-state index contributed by atoms with van der Waals surface area (Å²) in [4.78, 5) is 14.4. The molecular weight excluding hydrogens is 358 g/mol. The molecule has 1 aromatic heterocycles. The molecule has 0 atom stereocenters. The molecule has 0 aliphatic heterocycles. The van der Waals surface area contributed by atoms with Crippen LogP contribution in [0.25, 0.3) is 0 Å². The molecule has 28 heavy (non-hydrogen) atoms. The number of ether oxygens (including phenoxy) is 3. The zero-order valence-corrected chi connectivity index (χ0v) is 16.2. The lowest BCUT2D eigenvalue weighted by Gasteiger charge is -2.19. The fourth-order valence-corrected chi connectivity index (χ4v) is 2.80. The molecule has 6 nitrogen and oxygen atoms in total. The number of rotatable bonds is 8. The molecule has 0 N–H and O–H groups in total. The molecule has 0 aliphatic rings. The second-order valence-electron chi connectivity index (χ2n) is 6.22. The van der Waals surface area contributed by atoms with E-state index >= 15 is 0 Å². The lowest BCUT2D eigenvalue weighted by molar-refractivity contribution is 0.0774. The van der Waals surface area contributed by atoms with E-state index in [9.17, 15) is 4.79 Å². The van der Waals surface area contributed by atoms with Gasteiger partial charge in [0, 0.05) is 12.6 Å². The van der Waals surface area contributed by atoms with Gasteiger partial charge >= 0.3 is 0 Å². The number of hydrogen-bond acceptors (Lipinski definition) is 5. The maximum Gasteiger partial charge on any atom is 0.254 e. The van der Waals surface area contributed by atoms with Crippen molar-refractivity contribution >= 4 is 5.91 Å². The van der Waals surface area contributed by atoms with Crippen molar-refractivity contribution < 1.29 is 23.4 Å². The maximum absolute atomic E-state index is 12.8. The number of amides is 1. The summed E-state index contributed by atoms with van der Waals surface area (Å²) in [6, 6.07) is 16.7. The first-order valence-corrected chi connectivity index (χ1v) is 8.83. The molecule has 0 aliphatic carbocycles. The lowest BCUT2D eigenvalue weighted by atomic mass is 10.1. The van der Waals surface area contributed by atoms with Gasteiger partial charge in [-0.15, -0.1) is 0 Å². The topological polar surface area (TPSA) is 61.1 Å². The third-order valence-electron chi connectivity index (χ3n) is 4.25. The molecule has 0 radical (unpaired) electrons. The lowest BCUT2D eigenvalue weighted by Crippen LogP contribution is -2.26. The second-order valence-corrected chi connectivity index (χ2v) is 6.22. The number of nitrogens with zero attached hydrogens (tertiary/aromatic N) is 1. The van der Waals surface area contributed by atoms with Crippen molar-refractivity contribution in [2.24, 2.45) is 0 Å². The summed E-state index contributed by atoms with van der Waals surface area (Å²) in [5.74, 6) is 1.86. The van der Waals surface area contributed by atoms with Gasteiger partial charge in [0.15, 0.2) is 11.5 Å². The normalized spacial score (nSPS) is 10.4. The van der Waals surface area contributed by atoms with Crippen molar-refractivity contribution in [2.45, 2.75) is 13.2 Å². The van der Waals surface area contributed by atoms with Crippen LogP contribution in [-0.2, 0) is 13.2 Å². The van der Waals surface area contributed by atoms with E-state index in [0.29, 0.717) is 41.7 Å². The van der Waals surface area contributed by atoms with Crippen molar-refractivity contribution in [1.82, 2.24) is 4.90 Å². The molecule has 1 amide bonds. The highest BCUT2D eigenvalue weighted by molar-refractivity contribution is 5.95. The zero-order chi connectivity index (χ0) is 19.9. The monoisotopic (exact) mass is 381 g/mol. The molecule has 0 saturated heterocycles. The highest BCUT2D eigenvalue weighted by Gasteiger charge is 2.20. The fraction of sp³-hybridized carbons (Fsp3) is 0.227. The second kappa shape index (κ2) is 8.99. The minimum atomic E-state index is -0.178. The molecule has 3 rings (SSSR count). The summed E-state index contributed by atoms with van der Waals surface area (Å²) in [6.07, 6.45) is 1.58. The first-order valence-electron chi connectivity index (χ1n) is 8.83. The predicted octanol–water partition coefficient (Wildman–Crippen LogP) is 4.15. The molecule has 146 valence electrons. The first kappa shape index (κ1) is 19.4. The van der Waals surface area contributed by atoms with Crippen molar-refractivity contribution in [1.29, 1.82) is 0 Å². The Morgan fingerprint density at radius 3 is 2.25 bits per heavy atom. The average molecular weight is 381 g/mol. The molecule has 0 unspecified atom stereocenters. The highest BCUT2D eigenvalue weighted by atomic mass is 16.5. The van der Waals surface area contributed by atoms with Crippen LogP contribution in [0.2, 0.25) is 0 Å². The Labute approximate surface area is 164 Å². The van der Waals surface area contributed by atoms with E-state index in [1.807, 2.05) is 36.4 Å². The fourth-order valence-electron chi connectivity index (χ4n) is 2.80. The Hall–Kier alpha value is -3.41. The summed E-state index contributed by atoms with van der Waals surface area (Å²) in [7, 11) is 4.78. The zero-order valence-electron chi connectivity index (χ0n) is 16.2. The molecule has 1 heterocycles. The average Bonchev–Trinajstić information content (AvgIpc) is 3.24. The summed E-state index contributed by atoms with van der Waals surface area (Å²) >= 11 is 0. The maximum atomic E-state index is 12.8. The minimum absolute atomic E-state index is 0.178. The van der Waals surface area contributed by atoms with Crippen molar-refractivity contribution in [3.8, 4) is 17.2 Å². The Morgan fingerprint density at radius 1 is 1.00 bits per heavy atom. The van der Waals surface area contributed by atoms with Gasteiger partial charge in [0.1, 0.15) is 12.4 Å². The van der Waals surface area contributed by atoms with Crippen LogP contribution in [0.3, 0.4) is 0 Å². The van der Waals surface area contributed by atoms with Gasteiger partial charge in [-0.05, 0) is 29.8 Å². The number of furan rings is 1. The van der Waals surface area contributed by atoms with E-state index in [1.165, 1.54) is 14.2 Å². The van der Waals surface area contributed by atoms with E-state index in [0.717, 1.165) is 5.56 Å². The number of hydrogen-bond donors (Lipinski definition) is 0. The van der Waals surface area contributed by atoms with Gasteiger partial charge in [0.2, 0.25) is 5.75 Å². The minimum Gasteiger partial charge on any atom is -0.493 e. The Bertz CT molecular complexity index is 881. The van der Waals surface area contributed by atoms with Gasteiger partial charge in [0.05, 0.1) is 27.0 Å². The van der Waals surface area contributed by atoms with Crippen LogP contribution in [0.5, 0.6) is 17.2 Å². The Morgan fingerprint density at radius 2 is 1.68 bits per heavy atom. The van der Waals surface area contributed by atoms with Crippen molar-refractivity contribution in [3.05, 3.63) is 77.7 Å². The van der Waals surface area contributed by atoms with Gasteiger partial charge in [-0.3, -0.25) is 4.79 Å². The van der Waals surface area contributed by atoms with E-state index in [4.69, 9.17) is 18.6 Å². The third-order valence-corrected chi connectivity index (χ3v) is 4.25. The number of methoxy groups -OCH3 is 2. The summed E-state index contributed by atoms with van der Waals surface area (Å²) in [5.41, 5.74) is 1.46. The SMILES string of the molecule is COc1cc(C(=O)N(C)Cc2ccco2)cc(OC)c1OCc1ccccc1. The summed E-state index contributed by atoms with van der Waals surface area (Å²) in [5, 5.41) is 0. The van der Waals surface area contributed by atoms with E-state index < -0.39 is 0 Å². The largest absolute Gasteiger partial charge is 0.493 e. The van der Waals surface area contributed by atoms with E-state index in [2.05, 4.69) is 0 Å². The van der Waals surface area contributed by atoms with Crippen LogP contribution in [0.15, 0.2) is 65.3 Å². The van der Waals surface area contributed by atoms with Crippen LogP contribution in [0.4, 0.5) is 0 Å². The molecule has 0 saturated carbocycles. The summed E-state index contributed by atoms with van der Waals surface area (Å²) in [6.45, 7) is 0.724. The number of benzene rings is 2. The van der Waals surface area contributed by atoms with Crippen LogP contribution in [0, 0.1) is 0 Å². The number of carbonyl (C=O) groups is 1. The predicted molar refractivity (Wildman–Crippen MR) is 105 cm³/mol. The van der Waals surface area contributed by atoms with Crippen molar-refractivity contribution in [2.75, 3.05) is 21.3 Å². The van der Waals surface area contributed by atoms with Crippen LogP contribution in [-0.4, -0.2) is 32.1 Å². The molecule has 0 spiro atoms. The van der Waals surface area contributed by atoms with Crippen molar-refractivity contribution in [3.63, 3.8) is 0 Å². The highest BCUT2D eigenvalue weighted by Crippen LogP contribution is 2.39. The molecular formula is C22H23NO5. The van der Waals surface area contributed by atoms with E-state index in [1.54, 1.807) is 36.4 Å². The Kier molecular flexibility index (Phi) is 6.22. The third kappa shape index (κ3) is 4.46. The molecule has 0 fully saturated rings. The van der Waals surface area contributed by atoms with Gasteiger partial charge in [-0.2, -0.15) is 0 Å². The molecule has 0 bridgehead atoms.